The van der Waals surface area contributed by atoms with Gasteiger partial charge in [0, 0.05) is 41.9 Å². The Morgan fingerprint density at radius 3 is 2.89 bits per heavy atom. The summed E-state index contributed by atoms with van der Waals surface area (Å²) in [5, 5.41) is 3.42. The van der Waals surface area contributed by atoms with Crippen molar-refractivity contribution in [2.45, 2.75) is 43.9 Å². The molecule has 0 saturated heterocycles. The maximum absolute atomic E-state index is 6.28. The highest BCUT2D eigenvalue weighted by molar-refractivity contribution is 9.10. The van der Waals surface area contributed by atoms with E-state index >= 15 is 0 Å². The summed E-state index contributed by atoms with van der Waals surface area (Å²) in [7, 11) is 2.02. The molecule has 1 unspecified atom stereocenters. The number of hydrogen-bond donors (Lipinski definition) is 1. The molecule has 0 bridgehead atoms. The number of ether oxygens (including phenoxy) is 2. The number of fused-ring (bicyclic) bond motifs is 1. The minimum absolute atomic E-state index is 0.0195. The zero-order valence-electron chi connectivity index (χ0n) is 11.4. The molecule has 3 nitrogen and oxygen atoms in total. The molecule has 1 aliphatic heterocycles. The van der Waals surface area contributed by atoms with Crippen LogP contribution in [0.1, 0.15) is 37.8 Å². The summed E-state index contributed by atoms with van der Waals surface area (Å²) in [5.41, 5.74) is 1.23. The fraction of sp³-hybridized carbons (Fsp3) is 0.600. The van der Waals surface area contributed by atoms with Crippen LogP contribution >= 0.6 is 15.9 Å². The lowest BCUT2D eigenvalue weighted by Crippen LogP contribution is -2.56. The van der Waals surface area contributed by atoms with E-state index in [2.05, 4.69) is 40.3 Å². The Kier molecular flexibility index (Phi) is 3.58. The Morgan fingerprint density at radius 1 is 1.42 bits per heavy atom. The summed E-state index contributed by atoms with van der Waals surface area (Å²) in [6.07, 6.45) is 3.42. The van der Waals surface area contributed by atoms with Crippen LogP contribution in [-0.2, 0) is 4.74 Å². The van der Waals surface area contributed by atoms with Gasteiger partial charge < -0.3 is 14.8 Å². The maximum Gasteiger partial charge on any atom is 0.125 e. The Bertz CT molecular complexity index is 471. The molecular weight excluding hydrogens is 306 g/mol. The molecule has 104 valence electrons. The SMILES string of the molecule is CCOC1CC2(C1)CC(NC)c1cc(Br)ccc1O2. The van der Waals surface area contributed by atoms with Crippen LogP contribution in [0.25, 0.3) is 0 Å². The minimum Gasteiger partial charge on any atom is -0.487 e. The fourth-order valence-electron chi connectivity index (χ4n) is 3.27. The van der Waals surface area contributed by atoms with E-state index in [0.29, 0.717) is 12.1 Å². The normalized spacial score (nSPS) is 32.6. The first-order valence-electron chi connectivity index (χ1n) is 6.93. The second-order valence-corrected chi connectivity index (χ2v) is 6.41. The van der Waals surface area contributed by atoms with E-state index in [4.69, 9.17) is 9.47 Å². The summed E-state index contributed by atoms with van der Waals surface area (Å²) in [5.74, 6) is 1.02. The molecule has 1 aromatic carbocycles. The molecule has 3 rings (SSSR count). The van der Waals surface area contributed by atoms with Crippen molar-refractivity contribution in [3.63, 3.8) is 0 Å². The average Bonchev–Trinajstić information content (AvgIpc) is 2.37. The third-order valence-electron chi connectivity index (χ3n) is 4.20. The highest BCUT2D eigenvalue weighted by atomic mass is 79.9. The number of hydrogen-bond acceptors (Lipinski definition) is 3. The molecule has 0 aromatic heterocycles. The Labute approximate surface area is 122 Å². The lowest BCUT2D eigenvalue weighted by molar-refractivity contribution is -0.135. The van der Waals surface area contributed by atoms with E-state index < -0.39 is 0 Å². The van der Waals surface area contributed by atoms with Crippen LogP contribution in [0, 0.1) is 0 Å². The predicted molar refractivity (Wildman–Crippen MR) is 78.6 cm³/mol. The van der Waals surface area contributed by atoms with E-state index in [-0.39, 0.29) is 5.60 Å². The van der Waals surface area contributed by atoms with Gasteiger partial charge in [-0.1, -0.05) is 15.9 Å². The van der Waals surface area contributed by atoms with Crippen LogP contribution in [0.2, 0.25) is 0 Å². The number of nitrogens with one attached hydrogen (secondary N) is 1. The first-order chi connectivity index (χ1) is 9.15. The first kappa shape index (κ1) is 13.4. The van der Waals surface area contributed by atoms with Gasteiger partial charge in [0.25, 0.3) is 0 Å². The van der Waals surface area contributed by atoms with Crippen LogP contribution in [0.5, 0.6) is 5.75 Å². The van der Waals surface area contributed by atoms with Gasteiger partial charge in [0.1, 0.15) is 11.4 Å². The van der Waals surface area contributed by atoms with Crippen molar-refractivity contribution in [3.05, 3.63) is 28.2 Å². The average molecular weight is 326 g/mol. The van der Waals surface area contributed by atoms with Crippen molar-refractivity contribution in [2.75, 3.05) is 13.7 Å². The first-order valence-corrected chi connectivity index (χ1v) is 7.72. The van der Waals surface area contributed by atoms with Crippen molar-refractivity contribution in [1.82, 2.24) is 5.32 Å². The number of benzene rings is 1. The molecule has 0 amide bonds. The molecule has 1 aliphatic carbocycles. The van der Waals surface area contributed by atoms with Gasteiger partial charge in [-0.3, -0.25) is 0 Å². The lowest BCUT2D eigenvalue weighted by Gasteiger charge is -2.51. The molecule has 1 heterocycles. The smallest absolute Gasteiger partial charge is 0.125 e. The van der Waals surface area contributed by atoms with Gasteiger partial charge in [0.15, 0.2) is 0 Å². The molecule has 2 aliphatic rings. The van der Waals surface area contributed by atoms with E-state index in [1.54, 1.807) is 0 Å². The van der Waals surface area contributed by atoms with Crippen molar-refractivity contribution in [2.24, 2.45) is 0 Å². The highest BCUT2D eigenvalue weighted by Crippen LogP contribution is 2.50. The maximum atomic E-state index is 6.28. The fourth-order valence-corrected chi connectivity index (χ4v) is 3.65. The summed E-state index contributed by atoms with van der Waals surface area (Å²) in [4.78, 5) is 0. The second kappa shape index (κ2) is 5.08. The quantitative estimate of drug-likeness (QED) is 0.923. The zero-order valence-corrected chi connectivity index (χ0v) is 13.0. The molecular formula is C15H20BrNO2. The van der Waals surface area contributed by atoms with Gasteiger partial charge in [-0.25, -0.2) is 0 Å². The molecule has 1 atom stereocenters. The molecule has 1 saturated carbocycles. The highest BCUT2D eigenvalue weighted by Gasteiger charge is 2.51. The van der Waals surface area contributed by atoms with Gasteiger partial charge in [0.05, 0.1) is 6.10 Å². The third kappa shape index (κ3) is 2.41. The second-order valence-electron chi connectivity index (χ2n) is 5.50. The Balaban J connectivity index is 1.81. The van der Waals surface area contributed by atoms with Gasteiger partial charge in [0.2, 0.25) is 0 Å². The van der Waals surface area contributed by atoms with Gasteiger partial charge in [-0.05, 0) is 32.2 Å². The van der Waals surface area contributed by atoms with E-state index in [1.807, 2.05) is 13.1 Å². The lowest BCUT2D eigenvalue weighted by atomic mass is 9.71. The molecule has 0 radical (unpaired) electrons. The summed E-state index contributed by atoms with van der Waals surface area (Å²) in [6, 6.07) is 6.63. The van der Waals surface area contributed by atoms with Crippen LogP contribution in [0.4, 0.5) is 0 Å². The van der Waals surface area contributed by atoms with Gasteiger partial charge in [-0.15, -0.1) is 0 Å². The molecule has 4 heteroatoms. The van der Waals surface area contributed by atoms with Crippen LogP contribution < -0.4 is 10.1 Å². The summed E-state index contributed by atoms with van der Waals surface area (Å²) < 4.78 is 13.1. The van der Waals surface area contributed by atoms with Crippen molar-refractivity contribution in [3.8, 4) is 5.75 Å². The Morgan fingerprint density at radius 2 is 2.21 bits per heavy atom. The van der Waals surface area contributed by atoms with Crippen molar-refractivity contribution >= 4 is 15.9 Å². The van der Waals surface area contributed by atoms with Crippen LogP contribution in [-0.4, -0.2) is 25.4 Å². The molecule has 1 fully saturated rings. The topological polar surface area (TPSA) is 30.5 Å². The van der Waals surface area contributed by atoms with Crippen molar-refractivity contribution < 1.29 is 9.47 Å². The monoisotopic (exact) mass is 325 g/mol. The van der Waals surface area contributed by atoms with E-state index in [9.17, 15) is 0 Å². The minimum atomic E-state index is -0.0195. The van der Waals surface area contributed by atoms with Crippen LogP contribution in [0.3, 0.4) is 0 Å². The molecule has 1 aromatic rings. The molecule has 1 N–H and O–H groups in total. The van der Waals surface area contributed by atoms with Gasteiger partial charge in [-0.2, -0.15) is 0 Å². The van der Waals surface area contributed by atoms with Crippen molar-refractivity contribution in [1.29, 1.82) is 0 Å². The molecule has 1 spiro atoms. The van der Waals surface area contributed by atoms with Gasteiger partial charge >= 0.3 is 0 Å². The standard InChI is InChI=1S/C15H20BrNO2/c1-3-18-11-7-15(8-11)9-13(17-2)12-6-10(16)4-5-14(12)19-15/h4-6,11,13,17H,3,7-9H2,1-2H3. The Hall–Kier alpha value is -0.580. The number of rotatable bonds is 3. The van der Waals surface area contributed by atoms with E-state index in [0.717, 1.165) is 36.1 Å². The molecule has 19 heavy (non-hydrogen) atoms. The number of halogens is 1. The summed E-state index contributed by atoms with van der Waals surface area (Å²) in [6.45, 7) is 2.84. The third-order valence-corrected chi connectivity index (χ3v) is 4.69. The van der Waals surface area contributed by atoms with Crippen LogP contribution in [0.15, 0.2) is 22.7 Å². The summed E-state index contributed by atoms with van der Waals surface area (Å²) >= 11 is 3.53. The van der Waals surface area contributed by atoms with E-state index in [1.165, 1.54) is 5.56 Å². The zero-order chi connectivity index (χ0) is 13.5. The largest absolute Gasteiger partial charge is 0.487 e. The predicted octanol–water partition coefficient (Wildman–Crippen LogP) is 3.43.